The second kappa shape index (κ2) is 14.2. The molecule has 1 aromatic heterocycles. The molecule has 0 bridgehead atoms. The number of pyridine rings is 1. The average Bonchev–Trinajstić information content (AvgIpc) is 2.47. The van der Waals surface area contributed by atoms with Crippen molar-refractivity contribution in [3.05, 3.63) is 54.6 Å². The molecule has 0 unspecified atom stereocenters. The van der Waals surface area contributed by atoms with Gasteiger partial charge in [-0.05, 0) is 31.2 Å². The van der Waals surface area contributed by atoms with Gasteiger partial charge in [-0.1, -0.05) is 40.7 Å². The molecule has 21 heavy (non-hydrogen) atoms. The van der Waals surface area contributed by atoms with Crippen LogP contribution in [0, 0.1) is 0 Å². The van der Waals surface area contributed by atoms with Crippen LogP contribution >= 0.6 is 0 Å². The molecule has 118 valence electrons. The summed E-state index contributed by atoms with van der Waals surface area (Å²) in [6.07, 6.45) is 7.88. The Kier molecular flexibility index (Phi) is 14.2. The van der Waals surface area contributed by atoms with Gasteiger partial charge in [0.05, 0.1) is 0 Å². The number of ether oxygens (including phenoxy) is 1. The zero-order valence-corrected chi connectivity index (χ0v) is 13.9. The van der Waals surface area contributed by atoms with Crippen molar-refractivity contribution in [2.45, 2.75) is 41.0 Å². The molecule has 0 radical (unpaired) electrons. The van der Waals surface area contributed by atoms with E-state index in [1.54, 1.807) is 36.6 Å². The number of nitrogens with two attached hydrogens (primary N) is 2. The van der Waals surface area contributed by atoms with Crippen LogP contribution in [-0.2, 0) is 0 Å². The molecular formula is C17H29N3O. The molecule has 4 nitrogen and oxygen atoms in total. The summed E-state index contributed by atoms with van der Waals surface area (Å²) in [6.45, 7) is 13.6. The van der Waals surface area contributed by atoms with E-state index in [0.29, 0.717) is 23.0 Å². The summed E-state index contributed by atoms with van der Waals surface area (Å²) in [4.78, 5) is 3.87. The van der Waals surface area contributed by atoms with E-state index in [9.17, 15) is 0 Å². The number of anilines is 1. The summed E-state index contributed by atoms with van der Waals surface area (Å²) in [7, 11) is 0. The van der Waals surface area contributed by atoms with Gasteiger partial charge in [-0.2, -0.15) is 0 Å². The highest BCUT2D eigenvalue weighted by atomic mass is 16.5. The molecule has 0 saturated heterocycles. The monoisotopic (exact) mass is 291 g/mol. The Morgan fingerprint density at radius 3 is 2.38 bits per heavy atom. The summed E-state index contributed by atoms with van der Waals surface area (Å²) < 4.78 is 5.50. The van der Waals surface area contributed by atoms with Gasteiger partial charge in [0.2, 0.25) is 0 Å². The van der Waals surface area contributed by atoms with Crippen LogP contribution in [0.5, 0.6) is 5.75 Å². The van der Waals surface area contributed by atoms with Crippen molar-refractivity contribution in [1.82, 2.24) is 4.98 Å². The Morgan fingerprint density at radius 1 is 1.33 bits per heavy atom. The summed E-state index contributed by atoms with van der Waals surface area (Å²) in [5.41, 5.74) is 11.7. The van der Waals surface area contributed by atoms with E-state index in [2.05, 4.69) is 25.4 Å². The number of hydrogen-bond donors (Lipinski definition) is 2. The second-order valence-corrected chi connectivity index (χ2v) is 3.87. The van der Waals surface area contributed by atoms with Crippen molar-refractivity contribution in [3.8, 4) is 5.75 Å². The number of allylic oxidation sites excluding steroid dienone is 4. The number of hydrogen-bond acceptors (Lipinski definition) is 4. The summed E-state index contributed by atoms with van der Waals surface area (Å²) in [5, 5.41) is 0. The highest BCUT2D eigenvalue weighted by Crippen LogP contribution is 2.15. The van der Waals surface area contributed by atoms with Crippen LogP contribution in [0.1, 0.15) is 41.0 Å². The molecule has 0 fully saturated rings. The van der Waals surface area contributed by atoms with E-state index in [1.807, 2.05) is 20.8 Å². The average molecular weight is 291 g/mol. The van der Waals surface area contributed by atoms with Crippen molar-refractivity contribution in [2.24, 2.45) is 5.73 Å². The quantitative estimate of drug-likeness (QED) is 0.636. The molecule has 1 rings (SSSR count). The molecule has 4 N–H and O–H groups in total. The molecule has 0 aliphatic rings. The van der Waals surface area contributed by atoms with Crippen LogP contribution in [0.4, 0.5) is 5.82 Å². The van der Waals surface area contributed by atoms with Crippen molar-refractivity contribution < 1.29 is 4.74 Å². The largest absolute Gasteiger partial charge is 0.462 e. The molecule has 4 heteroatoms. The maximum Gasteiger partial charge on any atom is 0.132 e. The third-order valence-corrected chi connectivity index (χ3v) is 1.78. The van der Waals surface area contributed by atoms with Gasteiger partial charge >= 0.3 is 0 Å². The van der Waals surface area contributed by atoms with E-state index < -0.39 is 0 Å². The van der Waals surface area contributed by atoms with E-state index in [0.717, 1.165) is 0 Å². The first-order valence-electron chi connectivity index (χ1n) is 7.19. The predicted molar refractivity (Wildman–Crippen MR) is 92.8 cm³/mol. The number of aromatic nitrogens is 1. The third-order valence-electron chi connectivity index (χ3n) is 1.78. The number of rotatable bonds is 4. The van der Waals surface area contributed by atoms with E-state index >= 15 is 0 Å². The van der Waals surface area contributed by atoms with Crippen molar-refractivity contribution in [2.75, 3.05) is 5.73 Å². The van der Waals surface area contributed by atoms with Gasteiger partial charge in [-0.15, -0.1) is 0 Å². The summed E-state index contributed by atoms with van der Waals surface area (Å²) in [5.74, 6) is 1.77. The van der Waals surface area contributed by atoms with Crippen LogP contribution in [0.25, 0.3) is 0 Å². The van der Waals surface area contributed by atoms with Crippen molar-refractivity contribution in [1.29, 1.82) is 0 Å². The van der Waals surface area contributed by atoms with E-state index in [-0.39, 0.29) is 0 Å². The Morgan fingerprint density at radius 2 is 1.90 bits per heavy atom. The highest BCUT2D eigenvalue weighted by Gasteiger charge is 1.95. The van der Waals surface area contributed by atoms with Crippen LogP contribution < -0.4 is 16.2 Å². The van der Waals surface area contributed by atoms with Gasteiger partial charge in [-0.25, -0.2) is 4.98 Å². The number of nitrogens with zero attached hydrogens (tertiary/aromatic N) is 1. The lowest BCUT2D eigenvalue weighted by atomic mass is 10.3. The molecule has 1 aromatic rings. The maximum atomic E-state index is 5.55. The molecule has 0 spiro atoms. The lowest BCUT2D eigenvalue weighted by Gasteiger charge is -2.05. The predicted octanol–water partition coefficient (Wildman–Crippen LogP) is 4.42. The molecule has 0 atom stereocenters. The first kappa shape index (κ1) is 21.1. The fourth-order valence-electron chi connectivity index (χ4n) is 0.993. The van der Waals surface area contributed by atoms with Gasteiger partial charge in [0.1, 0.15) is 17.3 Å². The molecule has 0 saturated carbocycles. The Balaban J connectivity index is 0. The van der Waals surface area contributed by atoms with Crippen LogP contribution in [0.3, 0.4) is 0 Å². The standard InChI is InChI=1S/C12H15N3O.C3H8.C2H6/c1-3-10(13)5-4-9(2)16-11-6-7-15-12(14)8-11;1-3-2;1-2/h3-8H,1,13H2,2H3,(H2,14,15);3H2,1-2H3;1-2H3/b9-4+,10-5+;;. The molecule has 0 amide bonds. The Hall–Kier alpha value is -2.23. The van der Waals surface area contributed by atoms with Gasteiger partial charge in [0.15, 0.2) is 0 Å². The smallest absolute Gasteiger partial charge is 0.132 e. The van der Waals surface area contributed by atoms with Gasteiger partial charge < -0.3 is 16.2 Å². The van der Waals surface area contributed by atoms with Crippen LogP contribution in [-0.4, -0.2) is 4.98 Å². The van der Waals surface area contributed by atoms with Crippen LogP contribution in [0.15, 0.2) is 54.6 Å². The number of nitrogen functional groups attached to an aromatic ring is 1. The van der Waals surface area contributed by atoms with E-state index in [4.69, 9.17) is 16.2 Å². The van der Waals surface area contributed by atoms with Crippen molar-refractivity contribution in [3.63, 3.8) is 0 Å². The molecule has 0 aromatic carbocycles. The first-order chi connectivity index (χ1) is 10.0. The molecule has 0 aliphatic heterocycles. The summed E-state index contributed by atoms with van der Waals surface area (Å²) >= 11 is 0. The minimum atomic E-state index is 0.423. The van der Waals surface area contributed by atoms with Gasteiger partial charge in [0, 0.05) is 18.0 Å². The molecule has 0 aliphatic carbocycles. The minimum absolute atomic E-state index is 0.423. The van der Waals surface area contributed by atoms with Crippen molar-refractivity contribution >= 4 is 5.82 Å². The fraction of sp³-hybridized carbons (Fsp3) is 0.353. The molecular weight excluding hydrogens is 262 g/mol. The topological polar surface area (TPSA) is 74.2 Å². The van der Waals surface area contributed by atoms with Crippen LogP contribution in [0.2, 0.25) is 0 Å². The van der Waals surface area contributed by atoms with Gasteiger partial charge in [-0.3, -0.25) is 0 Å². The normalized spacial score (nSPS) is 10.5. The van der Waals surface area contributed by atoms with Gasteiger partial charge in [0.25, 0.3) is 0 Å². The summed E-state index contributed by atoms with van der Waals surface area (Å²) in [6, 6.07) is 3.38. The Labute approximate surface area is 129 Å². The SMILES string of the molecule is C=C/C(N)=C\C=C(/C)Oc1ccnc(N)c1.CC.CCC. The second-order valence-electron chi connectivity index (χ2n) is 3.87. The Bertz CT molecular complexity index is 451. The minimum Gasteiger partial charge on any atom is -0.462 e. The van der Waals surface area contributed by atoms with E-state index in [1.165, 1.54) is 6.42 Å². The fourth-order valence-corrected chi connectivity index (χ4v) is 0.993. The first-order valence-corrected chi connectivity index (χ1v) is 7.19. The third kappa shape index (κ3) is 12.5. The highest BCUT2D eigenvalue weighted by molar-refractivity contribution is 5.36. The lowest BCUT2D eigenvalue weighted by Crippen LogP contribution is -1.95. The molecule has 1 heterocycles. The lowest BCUT2D eigenvalue weighted by molar-refractivity contribution is 0.427. The maximum absolute atomic E-state index is 5.55. The zero-order chi connectivity index (χ0) is 16.7. The zero-order valence-electron chi connectivity index (χ0n) is 13.9.